The molecule has 0 amide bonds. The number of nitrogens with two attached hydrogens (primary N) is 2. The van der Waals surface area contributed by atoms with Crippen molar-refractivity contribution in [1.29, 1.82) is 0 Å². The van der Waals surface area contributed by atoms with Gasteiger partial charge in [0, 0.05) is 110 Å². The van der Waals surface area contributed by atoms with E-state index in [0.717, 1.165) is 136 Å². The Morgan fingerprint density at radius 1 is 0.329 bits per heavy atom. The van der Waals surface area contributed by atoms with Crippen molar-refractivity contribution < 1.29 is 50.5 Å². The van der Waals surface area contributed by atoms with Gasteiger partial charge in [0.25, 0.3) is 0 Å². The van der Waals surface area contributed by atoms with Gasteiger partial charge in [-0.1, -0.05) is 119 Å². The predicted octanol–water partition coefficient (Wildman–Crippen LogP) is 7.56. The second-order valence-electron chi connectivity index (χ2n) is 24.6. The van der Waals surface area contributed by atoms with E-state index in [9.17, 15) is 20.4 Å². The second kappa shape index (κ2) is 33.0. The molecule has 2 aliphatic heterocycles. The van der Waals surface area contributed by atoms with E-state index in [1.54, 1.807) is 0 Å². The molecule has 418 valence electrons. The zero-order chi connectivity index (χ0) is 52.7. The molecule has 0 aliphatic carbocycles. The standard InChI is InChI=1S/2C30H48N4O2.2CH3.Mg.Zn/c2*1-29(2,3)25-13-21-17-31-9-7-11-33-19-23-15-26(30(4,5)6)16-24(28(23)36)20-34-12-8-10-32-18-22(14-25)27(21)35;;;;/h2*13-16,31-36H,7-12,17-20H2,1-6H3;2*1H3;;/q;;2*-1;+2;/p+2. The van der Waals surface area contributed by atoms with E-state index in [1.165, 1.54) is 22.3 Å². The first kappa shape index (κ1) is 71.2. The summed E-state index contributed by atoms with van der Waals surface area (Å²) in [5.41, 5.74) is 13.0. The maximum absolute atomic E-state index is 11.0. The van der Waals surface area contributed by atoms with Crippen LogP contribution in [-0.4, -0.2) is 95.8 Å². The average Bonchev–Trinajstić information content (AvgIpc) is 3.29. The molecular formula is C62H104MgN8O4Zn+2. The monoisotopic (exact) mass is 1110 g/mol. The number of benzene rings is 4. The Labute approximate surface area is 490 Å². The smallest absolute Gasteiger partial charge is 0.507 e. The van der Waals surface area contributed by atoms with Gasteiger partial charge in [0.15, 0.2) is 0 Å². The first-order valence-corrected chi connectivity index (χ1v) is 27.2. The van der Waals surface area contributed by atoms with Crippen LogP contribution in [0.25, 0.3) is 0 Å². The summed E-state index contributed by atoms with van der Waals surface area (Å²) in [6, 6.07) is 17.2. The summed E-state index contributed by atoms with van der Waals surface area (Å²) in [6.07, 6.45) is 3.97. The molecule has 4 aromatic rings. The quantitative estimate of drug-likeness (QED) is 0.0620. The number of fused-ring (bicyclic) bond motifs is 8. The van der Waals surface area contributed by atoms with E-state index in [1.807, 2.05) is 0 Å². The Hall–Kier alpha value is -2.85. The molecule has 2 heterocycles. The molecule has 0 aromatic heterocycles. The van der Waals surface area contributed by atoms with Gasteiger partial charge in [-0.05, 0) is 115 Å². The number of nitrogens with one attached hydrogen (secondary N) is 6. The summed E-state index contributed by atoms with van der Waals surface area (Å²) in [4.78, 5) is 0. The topological polar surface area (TPSA) is 186 Å². The molecule has 0 saturated carbocycles. The molecule has 6 rings (SSSR count). The summed E-state index contributed by atoms with van der Waals surface area (Å²) >= 11 is 0. The molecule has 0 saturated heterocycles. The van der Waals surface area contributed by atoms with E-state index in [2.05, 4.69) is 174 Å². The van der Waals surface area contributed by atoms with Gasteiger partial charge in [-0.25, -0.2) is 0 Å². The third-order valence-corrected chi connectivity index (χ3v) is 14.1. The van der Waals surface area contributed by atoms with Crippen LogP contribution in [0.4, 0.5) is 0 Å². The van der Waals surface area contributed by atoms with Crippen LogP contribution in [0, 0.1) is 14.9 Å². The zero-order valence-corrected chi connectivity index (χ0v) is 54.5. The molecular weight excluding hydrogens is 1010 g/mol. The third-order valence-electron chi connectivity index (χ3n) is 14.1. The zero-order valence-electron chi connectivity index (χ0n) is 50.1. The van der Waals surface area contributed by atoms with E-state index in [0.29, 0.717) is 62.3 Å². The number of hydrogen-bond donors (Lipinski definition) is 12. The Kier molecular flexibility index (Phi) is 30.9. The summed E-state index contributed by atoms with van der Waals surface area (Å²) in [7, 11) is 0. The normalized spacial score (nSPS) is 16.6. The van der Waals surface area contributed by atoms with Crippen molar-refractivity contribution in [1.82, 2.24) is 31.9 Å². The summed E-state index contributed by atoms with van der Waals surface area (Å²) in [6.45, 7) is 39.3. The van der Waals surface area contributed by atoms with Crippen LogP contribution < -0.4 is 42.5 Å². The van der Waals surface area contributed by atoms with Crippen molar-refractivity contribution in [3.05, 3.63) is 130 Å². The Balaban J connectivity index is 0.000000722. The molecule has 12 nitrogen and oxygen atoms in total. The largest absolute Gasteiger partial charge is 2.00 e. The van der Waals surface area contributed by atoms with Crippen LogP contribution >= 0.6 is 0 Å². The molecule has 14 heteroatoms. The minimum atomic E-state index is 0. The van der Waals surface area contributed by atoms with Crippen molar-refractivity contribution in [3.63, 3.8) is 0 Å². The SMILES string of the molecule is CC(C)(C)c1cc2c(O)c(c1)CNCCCNCc1cc(C(C)(C)C)cc(c1O)CNCCCNC2.CC(C)(C)c1cc2c(O)c(c1)C[NH2+]CCC[NH2+]Cc1cc(C(C)(C)C)cc(c1O)CNCCCNC2.[CH3-].[CH3-].[Mg+2].[Zn]. The maximum atomic E-state index is 11.0. The predicted molar refractivity (Wildman–Crippen MR) is 316 cm³/mol. The maximum Gasteiger partial charge on any atom is 2.00 e. The number of phenolic OH excluding ortho intramolecular Hbond substituents is 4. The second-order valence-corrected chi connectivity index (χ2v) is 24.6. The molecule has 14 N–H and O–H groups in total. The van der Waals surface area contributed by atoms with Crippen LogP contribution in [0.15, 0.2) is 48.5 Å². The third kappa shape index (κ3) is 22.4. The molecule has 8 bridgehead atoms. The van der Waals surface area contributed by atoms with E-state index in [4.69, 9.17) is 0 Å². The molecule has 76 heavy (non-hydrogen) atoms. The van der Waals surface area contributed by atoms with Gasteiger partial charge in [-0.15, -0.1) is 0 Å². The number of aromatic hydroxyl groups is 4. The van der Waals surface area contributed by atoms with Crippen molar-refractivity contribution in [2.24, 2.45) is 0 Å². The van der Waals surface area contributed by atoms with E-state index >= 15 is 0 Å². The fourth-order valence-corrected chi connectivity index (χ4v) is 9.17. The van der Waals surface area contributed by atoms with Gasteiger partial charge < -0.3 is 77.8 Å². The van der Waals surface area contributed by atoms with Crippen LogP contribution in [-0.2, 0) is 93.5 Å². The average molecular weight is 1120 g/mol. The number of hydrogen-bond acceptors (Lipinski definition) is 10. The number of phenols is 4. The molecule has 0 spiro atoms. The summed E-state index contributed by atoms with van der Waals surface area (Å²) in [5, 5.41) is 69.5. The number of quaternary nitrogens is 2. The fraction of sp³-hybridized carbons (Fsp3) is 0.581. The molecule has 0 unspecified atom stereocenters. The summed E-state index contributed by atoms with van der Waals surface area (Å²) < 4.78 is 0. The molecule has 0 atom stereocenters. The molecule has 4 aromatic carbocycles. The minimum absolute atomic E-state index is 0. The first-order chi connectivity index (χ1) is 33.9. The van der Waals surface area contributed by atoms with Crippen LogP contribution in [0.1, 0.15) is 176 Å². The summed E-state index contributed by atoms with van der Waals surface area (Å²) in [5.74, 6) is 1.68. The Morgan fingerprint density at radius 3 is 0.711 bits per heavy atom. The van der Waals surface area contributed by atoms with Gasteiger partial charge in [0.1, 0.15) is 36.1 Å². The minimum Gasteiger partial charge on any atom is -0.507 e. The van der Waals surface area contributed by atoms with Gasteiger partial charge in [0.05, 0.1) is 13.1 Å². The van der Waals surface area contributed by atoms with Crippen LogP contribution in [0.5, 0.6) is 23.0 Å². The van der Waals surface area contributed by atoms with E-state index < -0.39 is 0 Å². The molecule has 0 radical (unpaired) electrons. The van der Waals surface area contributed by atoms with Crippen LogP contribution in [0.3, 0.4) is 0 Å². The van der Waals surface area contributed by atoms with Gasteiger partial charge in [0.2, 0.25) is 0 Å². The van der Waals surface area contributed by atoms with E-state index in [-0.39, 0.29) is 79.0 Å². The molecule has 0 fully saturated rings. The number of rotatable bonds is 0. The van der Waals surface area contributed by atoms with Crippen molar-refractivity contribution >= 4 is 23.1 Å². The van der Waals surface area contributed by atoms with Gasteiger partial charge in [-0.2, -0.15) is 0 Å². The van der Waals surface area contributed by atoms with Gasteiger partial charge >= 0.3 is 23.1 Å². The Bertz CT molecular complexity index is 1910. The van der Waals surface area contributed by atoms with Gasteiger partial charge in [-0.3, -0.25) is 0 Å². The van der Waals surface area contributed by atoms with Crippen molar-refractivity contribution in [3.8, 4) is 23.0 Å². The fourth-order valence-electron chi connectivity index (χ4n) is 9.17. The van der Waals surface area contributed by atoms with Crippen molar-refractivity contribution in [2.75, 3.05) is 52.4 Å². The Morgan fingerprint density at radius 2 is 0.513 bits per heavy atom. The molecule has 2 aliphatic rings. The van der Waals surface area contributed by atoms with Crippen molar-refractivity contribution in [2.45, 2.75) is 183 Å². The first-order valence-electron chi connectivity index (χ1n) is 27.2. The van der Waals surface area contributed by atoms with Crippen LogP contribution in [0.2, 0.25) is 0 Å².